The van der Waals surface area contributed by atoms with Gasteiger partial charge in [-0.3, -0.25) is 4.79 Å². The molecule has 0 atom stereocenters. The summed E-state index contributed by atoms with van der Waals surface area (Å²) in [5, 5.41) is 14.0. The van der Waals surface area contributed by atoms with Gasteiger partial charge in [-0.05, 0) is 19.1 Å². The van der Waals surface area contributed by atoms with Gasteiger partial charge in [0.05, 0.1) is 18.9 Å². The van der Waals surface area contributed by atoms with Crippen LogP contribution in [0, 0.1) is 6.92 Å². The van der Waals surface area contributed by atoms with Crippen molar-refractivity contribution in [2.75, 3.05) is 31.2 Å². The molecule has 0 aliphatic carbocycles. The second-order valence-corrected chi connectivity index (χ2v) is 8.48. The quantitative estimate of drug-likeness (QED) is 0.400. The van der Waals surface area contributed by atoms with E-state index in [1.807, 2.05) is 72.2 Å². The molecule has 5 aromatic rings. The molecule has 0 N–H and O–H groups in total. The van der Waals surface area contributed by atoms with Crippen LogP contribution in [0.15, 0.2) is 60.8 Å². The highest BCUT2D eigenvalue weighted by molar-refractivity contribution is 5.77. The Labute approximate surface area is 201 Å². The maximum atomic E-state index is 11.9. The SMILES string of the molecule is CC(=O)n1nc(-c2cc3nc(-n4ccc(-c5ccccc5)n4)cc(N4CCOCC4)n3n2)cc1C. The van der Waals surface area contributed by atoms with Gasteiger partial charge in [0.25, 0.3) is 0 Å². The van der Waals surface area contributed by atoms with Crippen LogP contribution >= 0.6 is 0 Å². The number of anilines is 1. The lowest BCUT2D eigenvalue weighted by Gasteiger charge is -2.29. The third kappa shape index (κ3) is 3.87. The fourth-order valence-electron chi connectivity index (χ4n) is 4.34. The number of ether oxygens (including phenoxy) is 1. The van der Waals surface area contributed by atoms with Gasteiger partial charge in [-0.1, -0.05) is 30.3 Å². The van der Waals surface area contributed by atoms with Gasteiger partial charge in [-0.15, -0.1) is 0 Å². The largest absolute Gasteiger partial charge is 0.378 e. The van der Waals surface area contributed by atoms with E-state index in [-0.39, 0.29) is 5.91 Å². The molecule has 35 heavy (non-hydrogen) atoms. The zero-order valence-electron chi connectivity index (χ0n) is 19.5. The maximum Gasteiger partial charge on any atom is 0.243 e. The summed E-state index contributed by atoms with van der Waals surface area (Å²) in [6.45, 7) is 6.14. The number of nitrogens with zero attached hydrogens (tertiary/aromatic N) is 8. The average molecular weight is 469 g/mol. The van der Waals surface area contributed by atoms with E-state index < -0.39 is 0 Å². The Hall–Kier alpha value is -4.31. The Balaban J connectivity index is 1.47. The van der Waals surface area contributed by atoms with Crippen molar-refractivity contribution in [3.05, 3.63) is 66.5 Å². The van der Waals surface area contributed by atoms with E-state index in [0.717, 1.165) is 35.9 Å². The van der Waals surface area contributed by atoms with Crippen molar-refractivity contribution < 1.29 is 9.53 Å². The van der Waals surface area contributed by atoms with Crippen molar-refractivity contribution in [1.82, 2.24) is 34.2 Å². The molecule has 10 nitrogen and oxygen atoms in total. The van der Waals surface area contributed by atoms with Gasteiger partial charge in [0.15, 0.2) is 11.5 Å². The highest BCUT2D eigenvalue weighted by Gasteiger charge is 2.20. The van der Waals surface area contributed by atoms with Gasteiger partial charge in [0.1, 0.15) is 17.2 Å². The smallest absolute Gasteiger partial charge is 0.243 e. The maximum absolute atomic E-state index is 11.9. The summed E-state index contributed by atoms with van der Waals surface area (Å²) in [5.74, 6) is 1.46. The molecule has 0 bridgehead atoms. The van der Waals surface area contributed by atoms with Crippen LogP contribution in [-0.2, 0) is 4.74 Å². The Kier molecular flexibility index (Phi) is 5.14. The minimum atomic E-state index is -0.139. The number of morpholine rings is 1. The molecule has 0 unspecified atom stereocenters. The predicted octanol–water partition coefficient (Wildman–Crippen LogP) is 3.25. The summed E-state index contributed by atoms with van der Waals surface area (Å²) >= 11 is 0. The van der Waals surface area contributed by atoms with Crippen LogP contribution in [0.1, 0.15) is 17.4 Å². The first-order valence-corrected chi connectivity index (χ1v) is 11.5. The number of hydrogen-bond donors (Lipinski definition) is 0. The van der Waals surface area contributed by atoms with Gasteiger partial charge < -0.3 is 9.64 Å². The minimum absolute atomic E-state index is 0.139. The number of aryl methyl sites for hydroxylation is 1. The summed E-state index contributed by atoms with van der Waals surface area (Å²) in [5.41, 5.74) is 4.63. The second kappa shape index (κ2) is 8.48. The Morgan fingerprint density at radius 1 is 0.914 bits per heavy atom. The van der Waals surface area contributed by atoms with Gasteiger partial charge >= 0.3 is 0 Å². The normalized spacial score (nSPS) is 14.1. The Morgan fingerprint density at radius 3 is 2.43 bits per heavy atom. The van der Waals surface area contributed by atoms with E-state index in [1.165, 1.54) is 11.6 Å². The second-order valence-electron chi connectivity index (χ2n) is 8.48. The van der Waals surface area contributed by atoms with Crippen LogP contribution in [0.3, 0.4) is 0 Å². The number of rotatable bonds is 4. The zero-order chi connectivity index (χ0) is 23.9. The van der Waals surface area contributed by atoms with Crippen molar-refractivity contribution in [1.29, 1.82) is 0 Å². The molecule has 1 aliphatic rings. The molecular formula is C25H24N8O2. The zero-order valence-corrected chi connectivity index (χ0v) is 19.5. The van der Waals surface area contributed by atoms with Crippen molar-refractivity contribution >= 4 is 17.4 Å². The van der Waals surface area contributed by atoms with Crippen LogP contribution in [0.25, 0.3) is 34.1 Å². The van der Waals surface area contributed by atoms with Crippen LogP contribution < -0.4 is 4.90 Å². The molecule has 1 aliphatic heterocycles. The molecule has 0 spiro atoms. The van der Waals surface area contributed by atoms with Gasteiger partial charge in [-0.25, -0.2) is 14.3 Å². The van der Waals surface area contributed by atoms with Crippen LogP contribution in [0.5, 0.6) is 0 Å². The molecule has 6 rings (SSSR count). The van der Waals surface area contributed by atoms with Crippen molar-refractivity contribution in [3.63, 3.8) is 0 Å². The number of aromatic nitrogens is 7. The Bertz CT molecular complexity index is 1530. The van der Waals surface area contributed by atoms with Crippen molar-refractivity contribution in [2.45, 2.75) is 13.8 Å². The summed E-state index contributed by atoms with van der Waals surface area (Å²) < 4.78 is 10.6. The first-order valence-electron chi connectivity index (χ1n) is 11.5. The lowest BCUT2D eigenvalue weighted by molar-refractivity contribution is 0.0919. The summed E-state index contributed by atoms with van der Waals surface area (Å²) in [6.07, 6.45) is 1.92. The molecule has 1 fully saturated rings. The molecule has 0 radical (unpaired) electrons. The minimum Gasteiger partial charge on any atom is -0.378 e. The fraction of sp³-hybridized carbons (Fsp3) is 0.240. The molecule has 1 aromatic carbocycles. The van der Waals surface area contributed by atoms with E-state index >= 15 is 0 Å². The van der Waals surface area contributed by atoms with E-state index in [9.17, 15) is 4.79 Å². The van der Waals surface area contributed by atoms with E-state index in [4.69, 9.17) is 19.9 Å². The molecule has 0 amide bonds. The number of hydrogen-bond acceptors (Lipinski definition) is 7. The standard InChI is InChI=1S/C25H24N8O2/c1-17-14-21(28-32(17)18(2)34)22-15-24-26-23(16-25(33(24)29-22)30-10-12-35-13-11-30)31-9-8-20(27-31)19-6-4-3-5-7-19/h3-9,14-16H,10-13H2,1-2H3. The molecule has 10 heteroatoms. The topological polar surface area (TPSA) is 95.4 Å². The lowest BCUT2D eigenvalue weighted by atomic mass is 10.2. The molecule has 4 aromatic heterocycles. The van der Waals surface area contributed by atoms with Crippen LogP contribution in [0.2, 0.25) is 0 Å². The highest BCUT2D eigenvalue weighted by Crippen LogP contribution is 2.26. The number of carbonyl (C=O) groups excluding carboxylic acids is 1. The molecule has 1 saturated heterocycles. The van der Waals surface area contributed by atoms with E-state index in [2.05, 4.69) is 10.00 Å². The monoisotopic (exact) mass is 468 g/mol. The molecule has 0 saturated carbocycles. The van der Waals surface area contributed by atoms with Crippen LogP contribution in [0.4, 0.5) is 5.82 Å². The molecular weight excluding hydrogens is 444 g/mol. The van der Waals surface area contributed by atoms with E-state index in [1.54, 1.807) is 4.68 Å². The highest BCUT2D eigenvalue weighted by atomic mass is 16.5. The van der Waals surface area contributed by atoms with Gasteiger partial charge in [0, 0.05) is 49.6 Å². The van der Waals surface area contributed by atoms with Gasteiger partial charge in [-0.2, -0.15) is 19.8 Å². The first-order chi connectivity index (χ1) is 17.1. The van der Waals surface area contributed by atoms with Crippen molar-refractivity contribution in [2.24, 2.45) is 0 Å². The molecule has 176 valence electrons. The van der Waals surface area contributed by atoms with Crippen LogP contribution in [-0.4, -0.2) is 66.4 Å². The third-order valence-electron chi connectivity index (χ3n) is 6.07. The average Bonchev–Trinajstić information content (AvgIpc) is 3.62. The Morgan fingerprint density at radius 2 is 1.69 bits per heavy atom. The van der Waals surface area contributed by atoms with Crippen molar-refractivity contribution in [3.8, 4) is 28.5 Å². The summed E-state index contributed by atoms with van der Waals surface area (Å²) in [4.78, 5) is 19.0. The fourth-order valence-corrected chi connectivity index (χ4v) is 4.34. The summed E-state index contributed by atoms with van der Waals surface area (Å²) in [7, 11) is 0. The predicted molar refractivity (Wildman–Crippen MR) is 131 cm³/mol. The lowest BCUT2D eigenvalue weighted by Crippen LogP contribution is -2.37. The first kappa shape index (κ1) is 21.2. The number of benzene rings is 1. The van der Waals surface area contributed by atoms with E-state index in [0.29, 0.717) is 36.1 Å². The third-order valence-corrected chi connectivity index (χ3v) is 6.07. The summed E-state index contributed by atoms with van der Waals surface area (Å²) in [6, 6.07) is 17.8. The van der Waals surface area contributed by atoms with Gasteiger partial charge in [0.2, 0.25) is 5.91 Å². The number of fused-ring (bicyclic) bond motifs is 1. The molecule has 5 heterocycles. The number of carbonyl (C=O) groups is 1.